The number of fused-ring (bicyclic) bond motifs is 1. The van der Waals surface area contributed by atoms with Crippen LogP contribution in [0.15, 0.2) is 6.20 Å². The number of nitrogens with two attached hydrogens (primary N) is 1. The molecule has 0 unspecified atom stereocenters. The van der Waals surface area contributed by atoms with Crippen LogP contribution < -0.4 is 15.2 Å². The summed E-state index contributed by atoms with van der Waals surface area (Å²) in [5.41, 5.74) is 8.75. The molecule has 0 saturated carbocycles. The summed E-state index contributed by atoms with van der Waals surface area (Å²) >= 11 is 6.09. The minimum atomic E-state index is 0.0954. The Balaban J connectivity index is 2.12. The van der Waals surface area contributed by atoms with Crippen LogP contribution >= 0.6 is 11.6 Å². The second-order valence-electron chi connectivity index (χ2n) is 5.26. The minimum absolute atomic E-state index is 0.0954. The highest BCUT2D eigenvalue weighted by Gasteiger charge is 2.18. The van der Waals surface area contributed by atoms with Gasteiger partial charge in [0.05, 0.1) is 43.6 Å². The second kappa shape index (κ2) is 6.12. The Bertz CT molecular complexity index is 924. The van der Waals surface area contributed by atoms with Gasteiger partial charge in [-0.15, -0.1) is 0 Å². The standard InChI is InChI=1S/C15H17ClN6O2/c1-7-10(19-14(24-4)8(2)11(7)23-3)6-22-13-9(5-18-22)12(16)20-15(17)21-13/h5H,6H2,1-4H3,(H2,17,20,21). The quantitative estimate of drug-likeness (QED) is 0.721. The van der Waals surface area contributed by atoms with Gasteiger partial charge in [0.2, 0.25) is 11.8 Å². The summed E-state index contributed by atoms with van der Waals surface area (Å²) in [5.74, 6) is 1.34. The number of ether oxygens (including phenoxy) is 2. The molecule has 0 aromatic carbocycles. The van der Waals surface area contributed by atoms with Crippen molar-refractivity contribution in [2.45, 2.75) is 20.4 Å². The normalized spacial score (nSPS) is 11.0. The van der Waals surface area contributed by atoms with E-state index in [-0.39, 0.29) is 11.1 Å². The van der Waals surface area contributed by atoms with Crippen LogP contribution in [0.1, 0.15) is 16.8 Å². The molecule has 0 saturated heterocycles. The number of hydrogen-bond acceptors (Lipinski definition) is 7. The van der Waals surface area contributed by atoms with Crippen molar-refractivity contribution in [3.05, 3.63) is 28.2 Å². The first-order valence-corrected chi connectivity index (χ1v) is 7.56. The lowest BCUT2D eigenvalue weighted by Crippen LogP contribution is -2.10. The van der Waals surface area contributed by atoms with Crippen molar-refractivity contribution < 1.29 is 9.47 Å². The molecule has 0 fully saturated rings. The Kier molecular flexibility index (Phi) is 4.15. The first kappa shape index (κ1) is 16.3. The van der Waals surface area contributed by atoms with Crippen molar-refractivity contribution in [3.63, 3.8) is 0 Å². The number of halogens is 1. The zero-order chi connectivity index (χ0) is 17.4. The third kappa shape index (κ3) is 2.58. The minimum Gasteiger partial charge on any atom is -0.496 e. The van der Waals surface area contributed by atoms with Gasteiger partial charge in [-0.1, -0.05) is 11.6 Å². The first-order valence-electron chi connectivity index (χ1n) is 7.18. The van der Waals surface area contributed by atoms with Gasteiger partial charge in [0.15, 0.2) is 5.65 Å². The van der Waals surface area contributed by atoms with E-state index in [0.29, 0.717) is 23.5 Å². The topological polar surface area (TPSA) is 101 Å². The molecule has 0 radical (unpaired) electrons. The highest BCUT2D eigenvalue weighted by molar-refractivity contribution is 6.34. The number of anilines is 1. The van der Waals surface area contributed by atoms with E-state index in [0.717, 1.165) is 22.6 Å². The van der Waals surface area contributed by atoms with Gasteiger partial charge in [0, 0.05) is 5.56 Å². The molecule has 9 heteroatoms. The number of methoxy groups -OCH3 is 2. The van der Waals surface area contributed by atoms with Crippen molar-refractivity contribution in [2.24, 2.45) is 0 Å². The van der Waals surface area contributed by atoms with Crippen molar-refractivity contribution >= 4 is 28.6 Å². The fourth-order valence-electron chi connectivity index (χ4n) is 2.65. The number of nitrogen functional groups attached to an aromatic ring is 1. The number of pyridine rings is 1. The summed E-state index contributed by atoms with van der Waals surface area (Å²) in [6, 6.07) is 0. The van der Waals surface area contributed by atoms with Crippen LogP contribution in [0.5, 0.6) is 11.6 Å². The molecule has 3 aromatic heterocycles. The van der Waals surface area contributed by atoms with Crippen molar-refractivity contribution in [1.29, 1.82) is 0 Å². The van der Waals surface area contributed by atoms with Gasteiger partial charge >= 0.3 is 0 Å². The zero-order valence-electron chi connectivity index (χ0n) is 13.8. The third-order valence-corrected chi connectivity index (χ3v) is 4.12. The largest absolute Gasteiger partial charge is 0.496 e. The van der Waals surface area contributed by atoms with Crippen LogP contribution in [-0.4, -0.2) is 39.0 Å². The fourth-order valence-corrected chi connectivity index (χ4v) is 2.87. The molecule has 0 amide bonds. The molecular formula is C15H17ClN6O2. The van der Waals surface area contributed by atoms with E-state index in [4.69, 9.17) is 26.8 Å². The average Bonchev–Trinajstić information content (AvgIpc) is 2.93. The second-order valence-corrected chi connectivity index (χ2v) is 5.62. The van der Waals surface area contributed by atoms with E-state index >= 15 is 0 Å². The van der Waals surface area contributed by atoms with E-state index in [9.17, 15) is 0 Å². The maximum atomic E-state index is 6.09. The highest BCUT2D eigenvalue weighted by Crippen LogP contribution is 2.32. The molecule has 0 aliphatic heterocycles. The Hall–Kier alpha value is -2.61. The van der Waals surface area contributed by atoms with E-state index in [2.05, 4.69) is 20.1 Å². The monoisotopic (exact) mass is 348 g/mol. The summed E-state index contributed by atoms with van der Waals surface area (Å²) in [7, 11) is 3.19. The smallest absolute Gasteiger partial charge is 0.223 e. The van der Waals surface area contributed by atoms with Crippen LogP contribution in [0.3, 0.4) is 0 Å². The number of aromatic nitrogens is 5. The van der Waals surface area contributed by atoms with Crippen molar-refractivity contribution in [3.8, 4) is 11.6 Å². The molecule has 3 heterocycles. The molecule has 0 aliphatic rings. The predicted molar refractivity (Wildman–Crippen MR) is 90.7 cm³/mol. The Morgan fingerprint density at radius 2 is 1.88 bits per heavy atom. The molecule has 126 valence electrons. The molecular weight excluding hydrogens is 332 g/mol. The molecule has 0 atom stereocenters. The van der Waals surface area contributed by atoms with Crippen LogP contribution in [-0.2, 0) is 6.54 Å². The zero-order valence-corrected chi connectivity index (χ0v) is 14.5. The van der Waals surface area contributed by atoms with Gasteiger partial charge in [-0.2, -0.15) is 10.1 Å². The number of rotatable bonds is 4. The lowest BCUT2D eigenvalue weighted by atomic mass is 10.1. The fraction of sp³-hybridized carbons (Fsp3) is 0.333. The molecule has 8 nitrogen and oxygen atoms in total. The number of hydrogen-bond donors (Lipinski definition) is 1. The number of nitrogens with zero attached hydrogens (tertiary/aromatic N) is 5. The van der Waals surface area contributed by atoms with Gasteiger partial charge in [-0.05, 0) is 13.8 Å². The maximum absolute atomic E-state index is 6.09. The van der Waals surface area contributed by atoms with Gasteiger partial charge in [0.25, 0.3) is 0 Å². The molecule has 0 bridgehead atoms. The molecule has 24 heavy (non-hydrogen) atoms. The van der Waals surface area contributed by atoms with Gasteiger partial charge in [0.1, 0.15) is 10.9 Å². The Morgan fingerprint density at radius 1 is 1.12 bits per heavy atom. The van der Waals surface area contributed by atoms with E-state index in [1.807, 2.05) is 13.8 Å². The molecule has 0 aliphatic carbocycles. The van der Waals surface area contributed by atoms with Crippen molar-refractivity contribution in [2.75, 3.05) is 20.0 Å². The SMILES string of the molecule is COc1nc(Cn2ncc3c(Cl)nc(N)nc32)c(C)c(OC)c1C. The summed E-state index contributed by atoms with van der Waals surface area (Å²) in [4.78, 5) is 12.7. The lowest BCUT2D eigenvalue weighted by molar-refractivity contribution is 0.372. The van der Waals surface area contributed by atoms with Gasteiger partial charge < -0.3 is 15.2 Å². The average molecular weight is 349 g/mol. The van der Waals surface area contributed by atoms with Crippen LogP contribution in [0.25, 0.3) is 11.0 Å². The van der Waals surface area contributed by atoms with Crippen molar-refractivity contribution in [1.82, 2.24) is 24.7 Å². The van der Waals surface area contributed by atoms with Gasteiger partial charge in [-0.3, -0.25) is 0 Å². The lowest BCUT2D eigenvalue weighted by Gasteiger charge is -2.15. The molecule has 3 rings (SSSR count). The summed E-state index contributed by atoms with van der Waals surface area (Å²) < 4.78 is 12.5. The Morgan fingerprint density at radius 3 is 2.54 bits per heavy atom. The predicted octanol–water partition coefficient (Wildman–Crippen LogP) is 2.14. The third-order valence-electron chi connectivity index (χ3n) is 3.84. The van der Waals surface area contributed by atoms with Crippen LogP contribution in [0.4, 0.5) is 5.95 Å². The van der Waals surface area contributed by atoms with Crippen LogP contribution in [0.2, 0.25) is 5.15 Å². The summed E-state index contributed by atoms with van der Waals surface area (Å²) in [6.45, 7) is 4.21. The Labute approximate surface area is 143 Å². The molecule has 0 spiro atoms. The molecule has 3 aromatic rings. The van der Waals surface area contributed by atoms with E-state index < -0.39 is 0 Å². The first-order chi connectivity index (χ1) is 11.5. The van der Waals surface area contributed by atoms with E-state index in [1.165, 1.54) is 0 Å². The molecule has 2 N–H and O–H groups in total. The highest BCUT2D eigenvalue weighted by atomic mass is 35.5. The van der Waals surface area contributed by atoms with Gasteiger partial charge in [-0.25, -0.2) is 14.6 Å². The summed E-state index contributed by atoms with van der Waals surface area (Å²) in [6.07, 6.45) is 1.61. The maximum Gasteiger partial charge on any atom is 0.223 e. The van der Waals surface area contributed by atoms with Crippen LogP contribution in [0, 0.1) is 13.8 Å². The summed E-state index contributed by atoms with van der Waals surface area (Å²) in [5, 5.41) is 5.22. The van der Waals surface area contributed by atoms with E-state index in [1.54, 1.807) is 25.1 Å².